The van der Waals surface area contributed by atoms with Crippen molar-refractivity contribution in [1.29, 1.82) is 0 Å². The first-order valence-corrected chi connectivity index (χ1v) is 8.20. The monoisotopic (exact) mass is 277 g/mol. The Balaban J connectivity index is 1.73. The molecular formula is C16H27N3O. The Labute approximate surface area is 121 Å². The van der Waals surface area contributed by atoms with E-state index in [1.54, 1.807) is 0 Å². The van der Waals surface area contributed by atoms with E-state index >= 15 is 0 Å². The molecule has 2 unspecified atom stereocenters. The molecular weight excluding hydrogens is 250 g/mol. The van der Waals surface area contributed by atoms with Crippen molar-refractivity contribution in [3.63, 3.8) is 0 Å². The molecule has 1 aromatic rings. The van der Waals surface area contributed by atoms with Crippen molar-refractivity contribution >= 4 is 0 Å². The maximum atomic E-state index is 6.22. The minimum absolute atomic E-state index is 0.168. The number of nitrogens with one attached hydrogen (secondary N) is 2. The number of hydrogen-bond donors (Lipinski definition) is 2. The molecule has 4 heteroatoms. The SMILES string of the molecule is CCNC(c1ncc[nH]1)C1CCOC2(CCCCC2)C1. The Morgan fingerprint density at radius 2 is 2.30 bits per heavy atom. The summed E-state index contributed by atoms with van der Waals surface area (Å²) in [6, 6.07) is 0.345. The van der Waals surface area contributed by atoms with Crippen LogP contribution in [0.5, 0.6) is 0 Å². The van der Waals surface area contributed by atoms with Crippen LogP contribution in [0, 0.1) is 5.92 Å². The minimum Gasteiger partial charge on any atom is -0.375 e. The third kappa shape index (κ3) is 2.91. The highest BCUT2D eigenvalue weighted by molar-refractivity contribution is 5.02. The second-order valence-electron chi connectivity index (χ2n) is 6.35. The summed E-state index contributed by atoms with van der Waals surface area (Å²) in [4.78, 5) is 7.78. The summed E-state index contributed by atoms with van der Waals surface area (Å²) in [7, 11) is 0. The molecule has 2 heterocycles. The number of imidazole rings is 1. The van der Waals surface area contributed by atoms with Crippen LogP contribution in [0.15, 0.2) is 12.4 Å². The van der Waals surface area contributed by atoms with Crippen LogP contribution in [0.2, 0.25) is 0 Å². The molecule has 1 aliphatic carbocycles. The van der Waals surface area contributed by atoms with Crippen molar-refractivity contribution in [3.05, 3.63) is 18.2 Å². The smallest absolute Gasteiger partial charge is 0.123 e. The van der Waals surface area contributed by atoms with Crippen molar-refractivity contribution in [2.45, 2.75) is 63.5 Å². The fourth-order valence-electron chi connectivity index (χ4n) is 4.05. The Bertz CT molecular complexity index is 392. The van der Waals surface area contributed by atoms with Crippen LogP contribution in [-0.2, 0) is 4.74 Å². The van der Waals surface area contributed by atoms with E-state index in [1.807, 2.05) is 12.4 Å². The van der Waals surface area contributed by atoms with Crippen LogP contribution in [0.25, 0.3) is 0 Å². The summed E-state index contributed by atoms with van der Waals surface area (Å²) in [6.45, 7) is 4.06. The second kappa shape index (κ2) is 6.27. The van der Waals surface area contributed by atoms with Gasteiger partial charge in [0.15, 0.2) is 0 Å². The number of hydrogen-bond acceptors (Lipinski definition) is 3. The fraction of sp³-hybridized carbons (Fsp3) is 0.812. The molecule has 2 atom stereocenters. The molecule has 2 aliphatic rings. The van der Waals surface area contributed by atoms with Crippen LogP contribution in [-0.4, -0.2) is 28.7 Å². The molecule has 2 fully saturated rings. The van der Waals surface area contributed by atoms with Gasteiger partial charge in [0.05, 0.1) is 11.6 Å². The third-order valence-corrected chi connectivity index (χ3v) is 5.01. The fourth-order valence-corrected chi connectivity index (χ4v) is 4.05. The zero-order valence-corrected chi connectivity index (χ0v) is 12.5. The van der Waals surface area contributed by atoms with Gasteiger partial charge in [-0.3, -0.25) is 0 Å². The topological polar surface area (TPSA) is 49.9 Å². The predicted octanol–water partition coefficient (Wildman–Crippen LogP) is 3.19. The summed E-state index contributed by atoms with van der Waals surface area (Å²) in [5.74, 6) is 1.72. The van der Waals surface area contributed by atoms with Gasteiger partial charge < -0.3 is 15.0 Å². The lowest BCUT2D eigenvalue weighted by Crippen LogP contribution is -2.45. The lowest BCUT2D eigenvalue weighted by Gasteiger charge is -2.45. The first kappa shape index (κ1) is 14.1. The van der Waals surface area contributed by atoms with E-state index in [9.17, 15) is 0 Å². The van der Waals surface area contributed by atoms with Crippen LogP contribution in [0.1, 0.15) is 63.7 Å². The van der Waals surface area contributed by atoms with Gasteiger partial charge in [0, 0.05) is 19.0 Å². The lowest BCUT2D eigenvalue weighted by molar-refractivity contribution is -0.122. The van der Waals surface area contributed by atoms with Crippen molar-refractivity contribution < 1.29 is 4.74 Å². The number of H-pyrrole nitrogens is 1. The average Bonchev–Trinajstić information content (AvgIpc) is 2.99. The van der Waals surface area contributed by atoms with Gasteiger partial charge in [-0.15, -0.1) is 0 Å². The van der Waals surface area contributed by atoms with Gasteiger partial charge in [-0.25, -0.2) is 4.98 Å². The number of aromatic nitrogens is 2. The van der Waals surface area contributed by atoms with E-state index in [1.165, 1.54) is 38.5 Å². The maximum Gasteiger partial charge on any atom is 0.123 e. The van der Waals surface area contributed by atoms with Gasteiger partial charge in [-0.2, -0.15) is 0 Å². The van der Waals surface area contributed by atoms with Crippen LogP contribution in [0.4, 0.5) is 0 Å². The molecule has 112 valence electrons. The van der Waals surface area contributed by atoms with Gasteiger partial charge in [0.25, 0.3) is 0 Å². The van der Waals surface area contributed by atoms with E-state index < -0.39 is 0 Å². The minimum atomic E-state index is 0.168. The van der Waals surface area contributed by atoms with Gasteiger partial charge in [0.2, 0.25) is 0 Å². The van der Waals surface area contributed by atoms with E-state index in [-0.39, 0.29) is 5.60 Å². The second-order valence-corrected chi connectivity index (χ2v) is 6.35. The molecule has 3 rings (SSSR count). The van der Waals surface area contributed by atoms with Crippen LogP contribution in [0.3, 0.4) is 0 Å². The van der Waals surface area contributed by atoms with Gasteiger partial charge in [-0.05, 0) is 38.1 Å². The van der Waals surface area contributed by atoms with E-state index in [4.69, 9.17) is 4.74 Å². The third-order valence-electron chi connectivity index (χ3n) is 5.01. The molecule has 20 heavy (non-hydrogen) atoms. The number of rotatable bonds is 4. The average molecular weight is 277 g/mol. The highest BCUT2D eigenvalue weighted by atomic mass is 16.5. The molecule has 1 saturated heterocycles. The normalized spacial score (nSPS) is 27.6. The predicted molar refractivity (Wildman–Crippen MR) is 79.5 cm³/mol. The first-order chi connectivity index (χ1) is 9.83. The summed E-state index contributed by atoms with van der Waals surface area (Å²) in [6.07, 6.45) is 12.7. The zero-order chi connectivity index (χ0) is 13.8. The molecule has 1 spiro atoms. The van der Waals surface area contributed by atoms with E-state index in [0.29, 0.717) is 12.0 Å². The molecule has 1 saturated carbocycles. The Hall–Kier alpha value is -0.870. The molecule has 1 aliphatic heterocycles. The summed E-state index contributed by atoms with van der Waals surface area (Å²) >= 11 is 0. The quantitative estimate of drug-likeness (QED) is 0.888. The van der Waals surface area contributed by atoms with Crippen molar-refractivity contribution in [3.8, 4) is 0 Å². The Kier molecular flexibility index (Phi) is 4.41. The summed E-state index contributed by atoms with van der Waals surface area (Å²) in [5.41, 5.74) is 0.168. The zero-order valence-electron chi connectivity index (χ0n) is 12.5. The highest BCUT2D eigenvalue weighted by Gasteiger charge is 2.41. The molecule has 0 radical (unpaired) electrons. The lowest BCUT2D eigenvalue weighted by atomic mass is 9.74. The number of ether oxygens (including phenoxy) is 1. The van der Waals surface area contributed by atoms with Crippen LogP contribution < -0.4 is 5.32 Å². The largest absolute Gasteiger partial charge is 0.375 e. The highest BCUT2D eigenvalue weighted by Crippen LogP contribution is 2.43. The summed E-state index contributed by atoms with van der Waals surface area (Å²) in [5, 5.41) is 3.63. The van der Waals surface area contributed by atoms with E-state index in [2.05, 4.69) is 22.2 Å². The van der Waals surface area contributed by atoms with Crippen molar-refractivity contribution in [2.24, 2.45) is 5.92 Å². The summed E-state index contributed by atoms with van der Waals surface area (Å²) < 4.78 is 6.22. The van der Waals surface area contributed by atoms with Gasteiger partial charge >= 0.3 is 0 Å². The Morgan fingerprint density at radius 1 is 1.45 bits per heavy atom. The van der Waals surface area contributed by atoms with Crippen molar-refractivity contribution in [1.82, 2.24) is 15.3 Å². The molecule has 0 aromatic carbocycles. The van der Waals surface area contributed by atoms with Gasteiger partial charge in [-0.1, -0.05) is 26.2 Å². The number of nitrogens with zero attached hydrogens (tertiary/aromatic N) is 1. The van der Waals surface area contributed by atoms with Crippen LogP contribution >= 0.6 is 0 Å². The molecule has 0 bridgehead atoms. The molecule has 1 aromatic heterocycles. The van der Waals surface area contributed by atoms with Crippen molar-refractivity contribution in [2.75, 3.05) is 13.2 Å². The van der Waals surface area contributed by atoms with E-state index in [0.717, 1.165) is 25.4 Å². The molecule has 2 N–H and O–H groups in total. The Morgan fingerprint density at radius 3 is 3.00 bits per heavy atom. The molecule has 0 amide bonds. The first-order valence-electron chi connectivity index (χ1n) is 8.20. The molecule has 4 nitrogen and oxygen atoms in total. The van der Waals surface area contributed by atoms with Gasteiger partial charge in [0.1, 0.15) is 5.82 Å². The standard InChI is InChI=1S/C16H27N3O/c1-2-17-14(15-18-9-10-19-15)13-6-11-20-16(12-13)7-4-3-5-8-16/h9-10,13-14,17H,2-8,11-12H2,1H3,(H,18,19). The number of aromatic amines is 1. The maximum absolute atomic E-state index is 6.22.